The van der Waals surface area contributed by atoms with Gasteiger partial charge in [0.1, 0.15) is 0 Å². The highest BCUT2D eigenvalue weighted by atomic mass is 35.5. The summed E-state index contributed by atoms with van der Waals surface area (Å²) >= 11 is 5.58. The molecule has 4 heteroatoms. The lowest BCUT2D eigenvalue weighted by molar-refractivity contribution is -0.0366. The average Bonchev–Trinajstić information content (AvgIpc) is 2.15. The molecule has 1 saturated heterocycles. The van der Waals surface area contributed by atoms with Crippen LogP contribution in [0.4, 0.5) is 0 Å². The molecule has 0 amide bonds. The van der Waals surface area contributed by atoms with Crippen molar-refractivity contribution in [3.8, 4) is 0 Å². The molecule has 0 aromatic heterocycles. The minimum Gasteiger partial charge on any atom is -0.394 e. The highest BCUT2D eigenvalue weighted by Gasteiger charge is 2.23. The molecule has 0 radical (unpaired) electrons. The van der Waals surface area contributed by atoms with Crippen molar-refractivity contribution in [1.82, 2.24) is 5.32 Å². The summed E-state index contributed by atoms with van der Waals surface area (Å²) < 4.78 is 5.38. The van der Waals surface area contributed by atoms with Crippen LogP contribution in [-0.4, -0.2) is 42.9 Å². The van der Waals surface area contributed by atoms with Gasteiger partial charge in [-0.3, -0.25) is 0 Å². The van der Waals surface area contributed by atoms with Crippen molar-refractivity contribution >= 4 is 11.6 Å². The lowest BCUT2D eigenvalue weighted by Gasteiger charge is -2.31. The predicted octanol–water partition coefficient (Wildman–Crippen LogP) is 0.355. The minimum absolute atomic E-state index is 0.0398. The van der Waals surface area contributed by atoms with Gasteiger partial charge < -0.3 is 15.2 Å². The first-order chi connectivity index (χ1) is 5.88. The molecule has 0 spiro atoms. The van der Waals surface area contributed by atoms with Gasteiger partial charge in [-0.1, -0.05) is 0 Å². The highest BCUT2D eigenvalue weighted by molar-refractivity contribution is 6.17. The number of alkyl halides is 1. The van der Waals surface area contributed by atoms with Crippen LogP contribution in [-0.2, 0) is 4.74 Å². The quantitative estimate of drug-likeness (QED) is 0.634. The van der Waals surface area contributed by atoms with Crippen LogP contribution in [0.2, 0.25) is 0 Å². The Morgan fingerprint density at radius 3 is 3.08 bits per heavy atom. The molecule has 0 aromatic rings. The standard InChI is InChI=1S/C8H16ClNO2/c9-3-1-2-7-8(6-11)12-5-4-10-7/h7-8,10-11H,1-6H2/t7?,8-/m1/s1. The number of aliphatic hydroxyl groups is 1. The van der Waals surface area contributed by atoms with E-state index < -0.39 is 0 Å². The summed E-state index contributed by atoms with van der Waals surface area (Å²) in [5.41, 5.74) is 0. The number of halogens is 1. The normalized spacial score (nSPS) is 30.5. The van der Waals surface area contributed by atoms with Crippen LogP contribution >= 0.6 is 11.6 Å². The van der Waals surface area contributed by atoms with Crippen LogP contribution in [0.3, 0.4) is 0 Å². The minimum atomic E-state index is -0.0398. The van der Waals surface area contributed by atoms with Crippen molar-refractivity contribution in [1.29, 1.82) is 0 Å². The van der Waals surface area contributed by atoms with Crippen LogP contribution < -0.4 is 5.32 Å². The third kappa shape index (κ3) is 2.90. The predicted molar refractivity (Wildman–Crippen MR) is 48.6 cm³/mol. The second-order valence-electron chi connectivity index (χ2n) is 2.98. The van der Waals surface area contributed by atoms with Crippen LogP contribution in [0, 0.1) is 0 Å². The van der Waals surface area contributed by atoms with Crippen LogP contribution in [0.15, 0.2) is 0 Å². The molecule has 0 aliphatic carbocycles. The van der Waals surface area contributed by atoms with Gasteiger partial charge in [0.15, 0.2) is 0 Å². The zero-order chi connectivity index (χ0) is 8.81. The fraction of sp³-hybridized carbons (Fsp3) is 1.00. The van der Waals surface area contributed by atoms with Gasteiger partial charge in [-0.2, -0.15) is 0 Å². The number of morpholine rings is 1. The largest absolute Gasteiger partial charge is 0.394 e. The van der Waals surface area contributed by atoms with Gasteiger partial charge in [0.05, 0.1) is 19.3 Å². The molecule has 1 rings (SSSR count). The summed E-state index contributed by atoms with van der Waals surface area (Å²) in [7, 11) is 0. The summed E-state index contributed by atoms with van der Waals surface area (Å²) in [4.78, 5) is 0. The lowest BCUT2D eigenvalue weighted by Crippen LogP contribution is -2.49. The lowest BCUT2D eigenvalue weighted by atomic mass is 10.1. The van der Waals surface area contributed by atoms with Crippen LogP contribution in [0.5, 0.6) is 0 Å². The molecule has 2 N–H and O–H groups in total. The molecular weight excluding hydrogens is 178 g/mol. The smallest absolute Gasteiger partial charge is 0.0958 e. The maximum atomic E-state index is 8.96. The van der Waals surface area contributed by atoms with Crippen molar-refractivity contribution in [3.63, 3.8) is 0 Å². The second-order valence-corrected chi connectivity index (χ2v) is 3.36. The molecule has 1 heterocycles. The van der Waals surface area contributed by atoms with Crippen molar-refractivity contribution in [2.24, 2.45) is 0 Å². The molecule has 1 fully saturated rings. The number of hydrogen-bond acceptors (Lipinski definition) is 3. The van der Waals surface area contributed by atoms with Crippen molar-refractivity contribution < 1.29 is 9.84 Å². The Morgan fingerprint density at radius 2 is 2.42 bits per heavy atom. The second kappa shape index (κ2) is 5.75. The topological polar surface area (TPSA) is 41.5 Å². The summed E-state index contributed by atoms with van der Waals surface area (Å²) in [6, 6.07) is 0.280. The number of nitrogens with one attached hydrogen (secondary N) is 1. The zero-order valence-electron chi connectivity index (χ0n) is 7.13. The molecule has 12 heavy (non-hydrogen) atoms. The first kappa shape index (κ1) is 10.3. The number of hydrogen-bond donors (Lipinski definition) is 2. The molecule has 0 aromatic carbocycles. The summed E-state index contributed by atoms with van der Waals surface area (Å²) in [5, 5.41) is 12.3. The van der Waals surface area contributed by atoms with Gasteiger partial charge in [0.25, 0.3) is 0 Å². The SMILES string of the molecule is OC[C@H]1OCCNC1CCCCl. The summed E-state index contributed by atoms with van der Waals surface area (Å²) in [6.45, 7) is 1.67. The summed E-state index contributed by atoms with van der Waals surface area (Å²) in [5.74, 6) is 0.677. The monoisotopic (exact) mass is 193 g/mol. The third-order valence-electron chi connectivity index (χ3n) is 2.12. The first-order valence-corrected chi connectivity index (χ1v) is 4.93. The Balaban J connectivity index is 2.26. The van der Waals surface area contributed by atoms with Crippen molar-refractivity contribution in [2.45, 2.75) is 25.0 Å². The van der Waals surface area contributed by atoms with Crippen LogP contribution in [0.1, 0.15) is 12.8 Å². The van der Waals surface area contributed by atoms with E-state index in [0.29, 0.717) is 12.5 Å². The third-order valence-corrected chi connectivity index (χ3v) is 2.39. The maximum Gasteiger partial charge on any atom is 0.0958 e. The van der Waals surface area contributed by atoms with Gasteiger partial charge in [0, 0.05) is 18.5 Å². The Labute approximate surface area is 78.0 Å². The zero-order valence-corrected chi connectivity index (χ0v) is 7.89. The van der Waals surface area contributed by atoms with E-state index in [0.717, 1.165) is 19.4 Å². The molecular formula is C8H16ClNO2. The highest BCUT2D eigenvalue weighted by Crippen LogP contribution is 2.10. The van der Waals surface area contributed by atoms with E-state index in [2.05, 4.69) is 5.32 Å². The summed E-state index contributed by atoms with van der Waals surface area (Å²) in [6.07, 6.45) is 1.91. The maximum absolute atomic E-state index is 8.96. The van der Waals surface area contributed by atoms with Gasteiger partial charge >= 0.3 is 0 Å². The van der Waals surface area contributed by atoms with Crippen molar-refractivity contribution in [3.05, 3.63) is 0 Å². The fourth-order valence-electron chi connectivity index (χ4n) is 1.47. The van der Waals surface area contributed by atoms with Gasteiger partial charge in [0.2, 0.25) is 0 Å². The molecule has 1 aliphatic heterocycles. The number of ether oxygens (including phenoxy) is 1. The molecule has 3 nitrogen and oxygen atoms in total. The number of rotatable bonds is 4. The average molecular weight is 194 g/mol. The van der Waals surface area contributed by atoms with Gasteiger partial charge in [-0.15, -0.1) is 11.6 Å². The van der Waals surface area contributed by atoms with E-state index >= 15 is 0 Å². The van der Waals surface area contributed by atoms with E-state index in [1.807, 2.05) is 0 Å². The molecule has 1 aliphatic rings. The Morgan fingerprint density at radius 1 is 1.58 bits per heavy atom. The Bertz CT molecular complexity index is 124. The Kier molecular flexibility index (Phi) is 4.92. The molecule has 72 valence electrons. The van der Waals surface area contributed by atoms with Crippen LogP contribution in [0.25, 0.3) is 0 Å². The van der Waals surface area contributed by atoms with E-state index in [1.165, 1.54) is 0 Å². The van der Waals surface area contributed by atoms with E-state index in [4.69, 9.17) is 21.4 Å². The van der Waals surface area contributed by atoms with Crippen molar-refractivity contribution in [2.75, 3.05) is 25.6 Å². The van der Waals surface area contributed by atoms with E-state index in [-0.39, 0.29) is 18.8 Å². The van der Waals surface area contributed by atoms with Gasteiger partial charge in [-0.25, -0.2) is 0 Å². The molecule has 1 unspecified atom stereocenters. The molecule has 0 bridgehead atoms. The van der Waals surface area contributed by atoms with E-state index in [1.54, 1.807) is 0 Å². The number of aliphatic hydroxyl groups excluding tert-OH is 1. The Hall–Kier alpha value is 0.170. The molecule has 0 saturated carbocycles. The fourth-order valence-corrected chi connectivity index (χ4v) is 1.62. The molecule has 2 atom stereocenters. The van der Waals surface area contributed by atoms with Gasteiger partial charge in [-0.05, 0) is 12.8 Å². The van der Waals surface area contributed by atoms with E-state index in [9.17, 15) is 0 Å². The first-order valence-electron chi connectivity index (χ1n) is 4.40.